The number of benzene rings is 1. The van der Waals surface area contributed by atoms with Gasteiger partial charge >= 0.3 is 0 Å². The fourth-order valence-corrected chi connectivity index (χ4v) is 1.32. The summed E-state index contributed by atoms with van der Waals surface area (Å²) in [7, 11) is 0. The molecule has 1 aromatic carbocycles. The van der Waals surface area contributed by atoms with Crippen LogP contribution in [0.15, 0.2) is 33.7 Å². The van der Waals surface area contributed by atoms with Crippen molar-refractivity contribution in [3.63, 3.8) is 0 Å². The molecular weight excluding hydrogens is 256 g/mol. The zero-order valence-electron chi connectivity index (χ0n) is 8.07. The van der Waals surface area contributed by atoms with Crippen LogP contribution in [-0.2, 0) is 6.42 Å². The van der Waals surface area contributed by atoms with Crippen LogP contribution in [0.2, 0.25) is 0 Å². The first kappa shape index (κ1) is 11.5. The Morgan fingerprint density at radius 3 is 2.73 bits per heavy atom. The van der Waals surface area contributed by atoms with Gasteiger partial charge in [0.2, 0.25) is 5.96 Å². The number of rotatable bonds is 3. The van der Waals surface area contributed by atoms with Gasteiger partial charge in [0.1, 0.15) is 0 Å². The Balaban J connectivity index is 2.41. The van der Waals surface area contributed by atoms with Gasteiger partial charge in [-0.3, -0.25) is 10.3 Å². The number of nitrogens with zero attached hydrogens (tertiary/aromatic N) is 2. The molecule has 0 saturated carbocycles. The second-order valence-corrected chi connectivity index (χ2v) is 3.80. The van der Waals surface area contributed by atoms with Gasteiger partial charge in [0, 0.05) is 11.0 Å². The van der Waals surface area contributed by atoms with Crippen molar-refractivity contribution in [2.45, 2.75) is 6.42 Å². The number of nitrogens with one attached hydrogen (secondary N) is 1. The van der Waals surface area contributed by atoms with Crippen LogP contribution < -0.4 is 11.1 Å². The number of hydrogen-bond acceptors (Lipinski definition) is 2. The SMILES string of the molecule is N#CNC(N)=NCCc1ccc(Br)cc1. The summed E-state index contributed by atoms with van der Waals surface area (Å²) < 4.78 is 1.06. The zero-order valence-corrected chi connectivity index (χ0v) is 9.66. The van der Waals surface area contributed by atoms with Gasteiger partial charge in [-0.2, -0.15) is 5.26 Å². The van der Waals surface area contributed by atoms with Crippen LogP contribution in [0.5, 0.6) is 0 Å². The van der Waals surface area contributed by atoms with Crippen LogP contribution in [0.1, 0.15) is 5.56 Å². The van der Waals surface area contributed by atoms with Crippen molar-refractivity contribution in [1.29, 1.82) is 5.26 Å². The molecule has 0 unspecified atom stereocenters. The number of halogens is 1. The van der Waals surface area contributed by atoms with E-state index in [1.165, 1.54) is 5.56 Å². The first-order valence-corrected chi connectivity index (χ1v) is 5.21. The molecule has 0 heterocycles. The maximum absolute atomic E-state index is 8.26. The van der Waals surface area contributed by atoms with E-state index in [1.54, 1.807) is 6.19 Å². The molecule has 0 spiro atoms. The van der Waals surface area contributed by atoms with Crippen molar-refractivity contribution >= 4 is 21.9 Å². The van der Waals surface area contributed by atoms with Gasteiger partial charge < -0.3 is 5.73 Å². The van der Waals surface area contributed by atoms with E-state index < -0.39 is 0 Å². The number of guanidine groups is 1. The molecule has 1 aromatic rings. The Kier molecular flexibility index (Phi) is 4.64. The second-order valence-electron chi connectivity index (χ2n) is 2.88. The summed E-state index contributed by atoms with van der Waals surface area (Å²) in [5.41, 5.74) is 6.57. The van der Waals surface area contributed by atoms with Crippen molar-refractivity contribution in [1.82, 2.24) is 5.32 Å². The summed E-state index contributed by atoms with van der Waals surface area (Å²) >= 11 is 3.36. The molecule has 1 rings (SSSR count). The van der Waals surface area contributed by atoms with E-state index >= 15 is 0 Å². The summed E-state index contributed by atoms with van der Waals surface area (Å²) in [5.74, 6) is 0.162. The van der Waals surface area contributed by atoms with Crippen LogP contribution in [0.25, 0.3) is 0 Å². The molecule has 0 bridgehead atoms. The number of hydrogen-bond donors (Lipinski definition) is 2. The highest BCUT2D eigenvalue weighted by atomic mass is 79.9. The lowest BCUT2D eigenvalue weighted by Gasteiger charge is -1.99. The molecule has 78 valence electrons. The summed E-state index contributed by atoms with van der Waals surface area (Å²) in [5, 5.41) is 10.5. The maximum Gasteiger partial charge on any atom is 0.202 e. The van der Waals surface area contributed by atoms with Gasteiger partial charge in [0.25, 0.3) is 0 Å². The Morgan fingerprint density at radius 2 is 2.13 bits per heavy atom. The van der Waals surface area contributed by atoms with Crippen LogP contribution in [-0.4, -0.2) is 12.5 Å². The molecule has 0 atom stereocenters. The lowest BCUT2D eigenvalue weighted by Crippen LogP contribution is -2.27. The van der Waals surface area contributed by atoms with Gasteiger partial charge in [0.15, 0.2) is 6.19 Å². The topological polar surface area (TPSA) is 74.2 Å². The second kappa shape index (κ2) is 6.04. The van der Waals surface area contributed by atoms with E-state index in [9.17, 15) is 0 Å². The molecule has 0 saturated heterocycles. The van der Waals surface area contributed by atoms with E-state index in [4.69, 9.17) is 11.0 Å². The Labute approximate surface area is 96.9 Å². The minimum absolute atomic E-state index is 0.162. The molecule has 5 heteroatoms. The highest BCUT2D eigenvalue weighted by Gasteiger charge is 1.93. The molecule has 0 aliphatic heterocycles. The lowest BCUT2D eigenvalue weighted by atomic mass is 10.2. The molecule has 15 heavy (non-hydrogen) atoms. The van der Waals surface area contributed by atoms with Crippen LogP contribution in [0.4, 0.5) is 0 Å². The minimum atomic E-state index is 0.162. The normalized spacial score (nSPS) is 10.8. The van der Waals surface area contributed by atoms with Crippen LogP contribution in [0, 0.1) is 11.5 Å². The van der Waals surface area contributed by atoms with E-state index in [0.717, 1.165) is 10.9 Å². The molecule has 3 N–H and O–H groups in total. The van der Waals surface area contributed by atoms with Crippen molar-refractivity contribution in [2.75, 3.05) is 6.54 Å². The molecular formula is C10H11BrN4. The summed E-state index contributed by atoms with van der Waals surface area (Å²) in [6, 6.07) is 8.01. The standard InChI is InChI=1S/C10H11BrN4/c11-9-3-1-8(2-4-9)5-6-14-10(13)15-7-12/h1-4H,5-6H2,(H3,13,14,15). The molecule has 0 aromatic heterocycles. The average molecular weight is 267 g/mol. The number of nitrogens with two attached hydrogens (primary N) is 1. The smallest absolute Gasteiger partial charge is 0.202 e. The van der Waals surface area contributed by atoms with Gasteiger partial charge in [-0.15, -0.1) is 0 Å². The van der Waals surface area contributed by atoms with Crippen LogP contribution >= 0.6 is 15.9 Å². The maximum atomic E-state index is 8.26. The molecule has 0 fully saturated rings. The predicted octanol–water partition coefficient (Wildman–Crippen LogP) is 1.38. The number of nitriles is 1. The Morgan fingerprint density at radius 1 is 1.47 bits per heavy atom. The highest BCUT2D eigenvalue weighted by molar-refractivity contribution is 9.10. The number of aliphatic imine (C=N–C) groups is 1. The zero-order chi connectivity index (χ0) is 11.1. The van der Waals surface area contributed by atoms with Crippen molar-refractivity contribution in [3.8, 4) is 6.19 Å². The summed E-state index contributed by atoms with van der Waals surface area (Å²) in [4.78, 5) is 3.98. The van der Waals surface area contributed by atoms with Gasteiger partial charge in [0.05, 0.1) is 0 Å². The Hall–Kier alpha value is -1.54. The molecule has 0 amide bonds. The van der Waals surface area contributed by atoms with Gasteiger partial charge in [-0.1, -0.05) is 28.1 Å². The predicted molar refractivity (Wildman–Crippen MR) is 63.1 cm³/mol. The van der Waals surface area contributed by atoms with E-state index in [-0.39, 0.29) is 5.96 Å². The molecule has 4 nitrogen and oxygen atoms in total. The average Bonchev–Trinajstić information content (AvgIpc) is 2.21. The quantitative estimate of drug-likeness (QED) is 0.376. The van der Waals surface area contributed by atoms with E-state index in [2.05, 4.69) is 26.2 Å². The Bertz CT molecular complexity index is 377. The fourth-order valence-electron chi connectivity index (χ4n) is 1.05. The van der Waals surface area contributed by atoms with Gasteiger partial charge in [-0.05, 0) is 24.1 Å². The van der Waals surface area contributed by atoms with Crippen molar-refractivity contribution in [2.24, 2.45) is 10.7 Å². The highest BCUT2D eigenvalue weighted by Crippen LogP contribution is 2.10. The van der Waals surface area contributed by atoms with E-state index in [0.29, 0.717) is 6.54 Å². The first-order valence-electron chi connectivity index (χ1n) is 4.42. The third kappa shape index (κ3) is 4.47. The molecule has 0 aliphatic carbocycles. The third-order valence-electron chi connectivity index (χ3n) is 1.78. The molecule has 0 radical (unpaired) electrons. The van der Waals surface area contributed by atoms with Crippen LogP contribution in [0.3, 0.4) is 0 Å². The minimum Gasteiger partial charge on any atom is -0.369 e. The lowest BCUT2D eigenvalue weighted by molar-refractivity contribution is 0.953. The summed E-state index contributed by atoms with van der Waals surface area (Å²) in [6.45, 7) is 0.572. The van der Waals surface area contributed by atoms with Gasteiger partial charge in [-0.25, -0.2) is 0 Å². The third-order valence-corrected chi connectivity index (χ3v) is 2.31. The monoisotopic (exact) mass is 266 g/mol. The van der Waals surface area contributed by atoms with E-state index in [1.807, 2.05) is 24.3 Å². The van der Waals surface area contributed by atoms with Crippen molar-refractivity contribution < 1.29 is 0 Å². The largest absolute Gasteiger partial charge is 0.369 e. The summed E-state index contributed by atoms with van der Waals surface area (Å²) in [6.07, 6.45) is 2.52. The van der Waals surface area contributed by atoms with Crippen molar-refractivity contribution in [3.05, 3.63) is 34.3 Å². The fraction of sp³-hybridized carbons (Fsp3) is 0.200. The molecule has 0 aliphatic rings. The first-order chi connectivity index (χ1) is 7.22.